The third kappa shape index (κ3) is 5.67. The maximum Gasteiger partial charge on any atom is 0.268 e. The Labute approximate surface area is 179 Å². The monoisotopic (exact) mass is 432 g/mol. The molecular weight excluding hydrogens is 408 g/mol. The Morgan fingerprint density at radius 1 is 1.28 bits per heavy atom. The molecule has 0 fully saturated rings. The lowest BCUT2D eigenvalue weighted by Gasteiger charge is -2.13. The number of carbonyl (C=O) groups is 1. The molecule has 0 atom stereocenters. The minimum absolute atomic E-state index is 0.163. The minimum Gasteiger partial charge on any atom is -0.350 e. The van der Waals surface area contributed by atoms with E-state index in [-0.39, 0.29) is 5.91 Å². The number of fused-ring (bicyclic) bond motifs is 1. The number of hydrogen-bond acceptors (Lipinski definition) is 5. The highest BCUT2D eigenvalue weighted by atomic mass is 35.5. The quantitative estimate of drug-likeness (QED) is 0.264. The smallest absolute Gasteiger partial charge is 0.268 e. The van der Waals surface area contributed by atoms with E-state index >= 15 is 0 Å². The summed E-state index contributed by atoms with van der Waals surface area (Å²) < 4.78 is 4.32. The van der Waals surface area contributed by atoms with Crippen molar-refractivity contribution in [2.75, 3.05) is 11.3 Å². The van der Waals surface area contributed by atoms with E-state index < -0.39 is 0 Å². The maximum absolute atomic E-state index is 12.7. The van der Waals surface area contributed by atoms with Gasteiger partial charge in [0.1, 0.15) is 5.69 Å². The number of amides is 1. The van der Waals surface area contributed by atoms with Gasteiger partial charge in [0.2, 0.25) is 0 Å². The highest BCUT2D eigenvalue weighted by Crippen LogP contribution is 2.26. The van der Waals surface area contributed by atoms with Gasteiger partial charge < -0.3 is 20.2 Å². The molecule has 1 aromatic heterocycles. The standard InChI is InChI=1S/C21H25ClN4O2S/c1-3-4-10-26(28)29-25-17-8-9-19-18(12-17)14(2)20(24-19)21(27)23-13-15-6-5-7-16(22)11-15/h5-9,11-12,24-25,28H,3-4,10,13H2,1-2H3,(H,23,27). The van der Waals surface area contributed by atoms with Crippen molar-refractivity contribution in [3.8, 4) is 0 Å². The van der Waals surface area contributed by atoms with Gasteiger partial charge in [-0.1, -0.05) is 37.1 Å². The second kappa shape index (κ2) is 10.0. The van der Waals surface area contributed by atoms with Crippen molar-refractivity contribution in [3.05, 3.63) is 64.3 Å². The number of rotatable bonds is 9. The summed E-state index contributed by atoms with van der Waals surface area (Å²) in [6.45, 7) is 5.00. The zero-order valence-electron chi connectivity index (χ0n) is 16.5. The van der Waals surface area contributed by atoms with Gasteiger partial charge in [-0.3, -0.25) is 4.79 Å². The van der Waals surface area contributed by atoms with Gasteiger partial charge in [-0.05, 0) is 54.8 Å². The van der Waals surface area contributed by atoms with Gasteiger partial charge >= 0.3 is 0 Å². The van der Waals surface area contributed by atoms with Crippen LogP contribution in [0.3, 0.4) is 0 Å². The molecule has 0 aliphatic carbocycles. The van der Waals surface area contributed by atoms with Crippen molar-refractivity contribution in [3.63, 3.8) is 0 Å². The van der Waals surface area contributed by atoms with Gasteiger partial charge in [0.25, 0.3) is 5.91 Å². The number of nitrogens with zero attached hydrogens (tertiary/aromatic N) is 1. The number of hydrogen-bond donors (Lipinski definition) is 4. The lowest BCUT2D eigenvalue weighted by Crippen LogP contribution is -2.23. The molecule has 0 bridgehead atoms. The SMILES string of the molecule is CCCCN(O)SNc1ccc2[nH]c(C(=O)NCc3cccc(Cl)c3)c(C)c2c1. The van der Waals surface area contributed by atoms with Crippen LogP contribution in [0.25, 0.3) is 10.9 Å². The number of H-pyrrole nitrogens is 1. The second-order valence-corrected chi connectivity index (χ2v) is 8.07. The fourth-order valence-electron chi connectivity index (χ4n) is 2.98. The van der Waals surface area contributed by atoms with Gasteiger partial charge in [0, 0.05) is 34.7 Å². The van der Waals surface area contributed by atoms with Crippen LogP contribution in [0.5, 0.6) is 0 Å². The summed E-state index contributed by atoms with van der Waals surface area (Å²) in [5.74, 6) is -0.163. The molecule has 0 spiro atoms. The average Bonchev–Trinajstić information content (AvgIpc) is 3.05. The van der Waals surface area contributed by atoms with E-state index in [0.29, 0.717) is 23.8 Å². The van der Waals surface area contributed by atoms with E-state index in [0.717, 1.165) is 52.7 Å². The van der Waals surface area contributed by atoms with Gasteiger partial charge in [-0.2, -0.15) is 0 Å². The van der Waals surface area contributed by atoms with Crippen LogP contribution in [0.4, 0.5) is 5.69 Å². The molecule has 0 unspecified atom stereocenters. The molecule has 4 N–H and O–H groups in total. The van der Waals surface area contributed by atoms with Crippen LogP contribution in [0.15, 0.2) is 42.5 Å². The molecule has 0 aliphatic heterocycles. The highest BCUT2D eigenvalue weighted by Gasteiger charge is 2.15. The van der Waals surface area contributed by atoms with Crippen molar-refractivity contribution in [1.29, 1.82) is 0 Å². The van der Waals surface area contributed by atoms with E-state index in [1.807, 2.05) is 43.3 Å². The summed E-state index contributed by atoms with van der Waals surface area (Å²) in [5.41, 5.74) is 4.10. The topological polar surface area (TPSA) is 80.4 Å². The number of aromatic nitrogens is 1. The van der Waals surface area contributed by atoms with Crippen LogP contribution in [-0.2, 0) is 6.54 Å². The molecule has 6 nitrogen and oxygen atoms in total. The molecule has 0 aliphatic rings. The number of halogens is 1. The van der Waals surface area contributed by atoms with Crippen molar-refractivity contribution < 1.29 is 10.0 Å². The Kier molecular flexibility index (Phi) is 7.44. The second-order valence-electron chi connectivity index (χ2n) is 6.82. The summed E-state index contributed by atoms with van der Waals surface area (Å²) in [4.78, 5) is 15.9. The van der Waals surface area contributed by atoms with Gasteiger partial charge in [-0.25, -0.2) is 0 Å². The van der Waals surface area contributed by atoms with Crippen LogP contribution in [0.2, 0.25) is 5.02 Å². The maximum atomic E-state index is 12.7. The molecule has 1 amide bonds. The summed E-state index contributed by atoms with van der Waals surface area (Å²) in [5, 5.41) is 14.4. The number of anilines is 1. The number of hydroxylamine groups is 1. The normalized spacial score (nSPS) is 11.2. The Hall–Kier alpha value is -2.19. The number of unbranched alkanes of at least 4 members (excludes halogenated alkanes) is 1. The Balaban J connectivity index is 1.68. The minimum atomic E-state index is -0.163. The molecular formula is C21H25ClN4O2S. The van der Waals surface area contributed by atoms with Crippen molar-refractivity contribution >= 4 is 46.2 Å². The van der Waals surface area contributed by atoms with E-state index in [1.54, 1.807) is 6.07 Å². The van der Waals surface area contributed by atoms with Crippen LogP contribution < -0.4 is 10.0 Å². The third-order valence-corrected chi connectivity index (χ3v) is 5.55. The van der Waals surface area contributed by atoms with Crippen LogP contribution in [0, 0.1) is 6.92 Å². The molecule has 1 heterocycles. The summed E-state index contributed by atoms with van der Waals surface area (Å²) in [6.07, 6.45) is 1.95. The van der Waals surface area contributed by atoms with Crippen LogP contribution >= 0.6 is 23.7 Å². The first-order chi connectivity index (χ1) is 14.0. The molecule has 8 heteroatoms. The Bertz CT molecular complexity index is 992. The first kappa shape index (κ1) is 21.5. The molecule has 29 heavy (non-hydrogen) atoms. The van der Waals surface area contributed by atoms with Crippen molar-refractivity contribution in [2.24, 2.45) is 0 Å². The lowest BCUT2D eigenvalue weighted by atomic mass is 10.1. The van der Waals surface area contributed by atoms with Crippen LogP contribution in [0.1, 0.15) is 41.4 Å². The molecule has 0 saturated heterocycles. The summed E-state index contributed by atoms with van der Waals surface area (Å²) in [6, 6.07) is 13.2. The summed E-state index contributed by atoms with van der Waals surface area (Å²) in [7, 11) is 0. The largest absolute Gasteiger partial charge is 0.350 e. The molecule has 0 radical (unpaired) electrons. The van der Waals surface area contributed by atoms with Gasteiger partial charge in [-0.15, -0.1) is 4.47 Å². The number of nitrogens with one attached hydrogen (secondary N) is 3. The Morgan fingerprint density at radius 2 is 2.10 bits per heavy atom. The third-order valence-electron chi connectivity index (χ3n) is 4.60. The van der Waals surface area contributed by atoms with E-state index in [2.05, 4.69) is 21.9 Å². The van der Waals surface area contributed by atoms with Gasteiger partial charge in [0.05, 0.1) is 12.1 Å². The lowest BCUT2D eigenvalue weighted by molar-refractivity contribution is 0.0164. The molecule has 3 aromatic rings. The molecule has 154 valence electrons. The summed E-state index contributed by atoms with van der Waals surface area (Å²) >= 11 is 7.14. The number of benzene rings is 2. The van der Waals surface area contributed by atoms with E-state index in [9.17, 15) is 10.0 Å². The zero-order chi connectivity index (χ0) is 20.8. The van der Waals surface area contributed by atoms with Gasteiger partial charge in [0.15, 0.2) is 0 Å². The fraction of sp³-hybridized carbons (Fsp3) is 0.286. The average molecular weight is 433 g/mol. The van der Waals surface area contributed by atoms with Crippen LogP contribution in [-0.4, -0.2) is 27.1 Å². The van der Waals surface area contributed by atoms with E-state index in [4.69, 9.17) is 11.6 Å². The fourth-order valence-corrected chi connectivity index (χ4v) is 3.75. The predicted octanol–water partition coefficient (Wildman–Crippen LogP) is 5.53. The van der Waals surface area contributed by atoms with E-state index in [1.165, 1.54) is 4.47 Å². The van der Waals surface area contributed by atoms with Crippen molar-refractivity contribution in [2.45, 2.75) is 33.2 Å². The zero-order valence-corrected chi connectivity index (χ0v) is 18.0. The Morgan fingerprint density at radius 3 is 2.86 bits per heavy atom. The number of aryl methyl sites for hydroxylation is 1. The first-order valence-electron chi connectivity index (χ1n) is 9.52. The molecule has 2 aromatic carbocycles. The molecule has 0 saturated carbocycles. The number of carbonyl (C=O) groups excluding carboxylic acids is 1. The highest BCUT2D eigenvalue weighted by molar-refractivity contribution is 7.98. The first-order valence-corrected chi connectivity index (χ1v) is 10.7. The van der Waals surface area contributed by atoms with Crippen molar-refractivity contribution in [1.82, 2.24) is 14.8 Å². The molecule has 3 rings (SSSR count). The number of aromatic amines is 1. The predicted molar refractivity (Wildman–Crippen MR) is 120 cm³/mol.